The van der Waals surface area contributed by atoms with E-state index in [-0.39, 0.29) is 11.7 Å². The lowest BCUT2D eigenvalue weighted by Gasteiger charge is -2.10. The van der Waals surface area contributed by atoms with Crippen molar-refractivity contribution in [1.82, 2.24) is 14.5 Å². The van der Waals surface area contributed by atoms with Crippen LogP contribution in [0.2, 0.25) is 0 Å². The fraction of sp³-hybridized carbons (Fsp3) is 0.438. The monoisotopic (exact) mass is 271 g/mol. The molecular weight excluding hydrogens is 250 g/mol. The quantitative estimate of drug-likeness (QED) is 0.930. The van der Waals surface area contributed by atoms with E-state index in [2.05, 4.69) is 17.4 Å². The molecule has 1 aromatic heterocycles. The Balaban J connectivity index is 1.89. The fourth-order valence-electron chi connectivity index (χ4n) is 2.83. The zero-order chi connectivity index (χ0) is 14.1. The van der Waals surface area contributed by atoms with Crippen molar-refractivity contribution in [2.24, 2.45) is 0 Å². The van der Waals surface area contributed by atoms with Crippen molar-refractivity contribution in [1.29, 1.82) is 0 Å². The second-order valence-electron chi connectivity index (χ2n) is 5.73. The summed E-state index contributed by atoms with van der Waals surface area (Å²) in [5.74, 6) is 0.612. The molecule has 3 rings (SSSR count). The van der Waals surface area contributed by atoms with Crippen LogP contribution >= 0.6 is 0 Å². The second-order valence-corrected chi connectivity index (χ2v) is 5.73. The Labute approximate surface area is 119 Å². The first kappa shape index (κ1) is 13.2. The molecule has 0 radical (unpaired) electrons. The van der Waals surface area contributed by atoms with Gasteiger partial charge < -0.3 is 5.32 Å². The molecule has 4 heteroatoms. The minimum atomic E-state index is 0.0234. The molecule has 1 fully saturated rings. The Hall–Kier alpha value is -1.81. The van der Waals surface area contributed by atoms with Crippen molar-refractivity contribution >= 4 is 0 Å². The molecule has 1 aromatic carbocycles. The molecule has 1 atom stereocenters. The van der Waals surface area contributed by atoms with Gasteiger partial charge >= 0.3 is 5.69 Å². The van der Waals surface area contributed by atoms with E-state index in [0.717, 1.165) is 18.8 Å². The Morgan fingerprint density at radius 2 is 1.95 bits per heavy atom. The highest BCUT2D eigenvalue weighted by atomic mass is 16.1. The molecule has 0 aliphatic carbocycles. The van der Waals surface area contributed by atoms with Gasteiger partial charge in [0.25, 0.3) is 0 Å². The molecular formula is C16H21N3O. The molecule has 2 heterocycles. The van der Waals surface area contributed by atoms with Crippen LogP contribution in [-0.2, 0) is 0 Å². The summed E-state index contributed by atoms with van der Waals surface area (Å²) in [4.78, 5) is 12.3. The molecule has 1 N–H and O–H groups in total. The van der Waals surface area contributed by atoms with Gasteiger partial charge in [0, 0.05) is 25.0 Å². The molecule has 2 aromatic rings. The topological polar surface area (TPSA) is 39.0 Å². The molecule has 4 nitrogen and oxygen atoms in total. The van der Waals surface area contributed by atoms with Gasteiger partial charge in [-0.3, -0.25) is 9.13 Å². The molecule has 0 bridgehead atoms. The lowest BCUT2D eigenvalue weighted by molar-refractivity contribution is 0.574. The van der Waals surface area contributed by atoms with Gasteiger partial charge in [0.1, 0.15) is 0 Å². The molecule has 0 saturated carbocycles. The van der Waals surface area contributed by atoms with E-state index < -0.39 is 0 Å². The van der Waals surface area contributed by atoms with Crippen molar-refractivity contribution in [2.45, 2.75) is 32.2 Å². The molecule has 0 spiro atoms. The van der Waals surface area contributed by atoms with Crippen LogP contribution in [0.3, 0.4) is 0 Å². The van der Waals surface area contributed by atoms with E-state index in [0.29, 0.717) is 5.92 Å². The number of benzene rings is 1. The van der Waals surface area contributed by atoms with Crippen molar-refractivity contribution in [3.8, 4) is 5.69 Å². The van der Waals surface area contributed by atoms with Crippen LogP contribution in [0.15, 0.2) is 41.5 Å². The number of hydrogen-bond acceptors (Lipinski definition) is 2. The van der Waals surface area contributed by atoms with Gasteiger partial charge in [-0.1, -0.05) is 12.1 Å². The number of hydrogen-bond donors (Lipinski definition) is 1. The highest BCUT2D eigenvalue weighted by molar-refractivity contribution is 5.36. The lowest BCUT2D eigenvalue weighted by Crippen LogP contribution is -2.24. The number of nitrogens with one attached hydrogen (secondary N) is 1. The first-order chi connectivity index (χ1) is 9.66. The second kappa shape index (κ2) is 5.29. The molecule has 1 unspecified atom stereocenters. The lowest BCUT2D eigenvalue weighted by atomic mass is 9.98. The van der Waals surface area contributed by atoms with Crippen LogP contribution in [0.4, 0.5) is 0 Å². The first-order valence-electron chi connectivity index (χ1n) is 7.27. The summed E-state index contributed by atoms with van der Waals surface area (Å²) in [6.07, 6.45) is 4.89. The fourth-order valence-corrected chi connectivity index (χ4v) is 2.83. The highest BCUT2D eigenvalue weighted by Gasteiger charge is 2.16. The molecule has 1 aliphatic rings. The largest absolute Gasteiger partial charge is 0.332 e. The summed E-state index contributed by atoms with van der Waals surface area (Å²) in [5.41, 5.74) is 2.31. The number of aromatic nitrogens is 2. The Bertz CT molecular complexity index is 630. The first-order valence-corrected chi connectivity index (χ1v) is 7.27. The smallest absolute Gasteiger partial charge is 0.316 e. The van der Waals surface area contributed by atoms with Gasteiger partial charge in [-0.05, 0) is 50.4 Å². The number of imidazole rings is 1. The maximum absolute atomic E-state index is 12.3. The van der Waals surface area contributed by atoms with Gasteiger partial charge in [-0.2, -0.15) is 0 Å². The molecule has 106 valence electrons. The summed E-state index contributed by atoms with van der Waals surface area (Å²) < 4.78 is 3.45. The average Bonchev–Trinajstić information content (AvgIpc) is 3.08. The summed E-state index contributed by atoms with van der Waals surface area (Å²) >= 11 is 0. The Morgan fingerprint density at radius 1 is 1.20 bits per heavy atom. The summed E-state index contributed by atoms with van der Waals surface area (Å²) in [6.45, 7) is 6.19. The predicted molar refractivity (Wildman–Crippen MR) is 80.6 cm³/mol. The Kier molecular flexibility index (Phi) is 3.49. The summed E-state index contributed by atoms with van der Waals surface area (Å²) in [6, 6.07) is 8.56. The Morgan fingerprint density at radius 3 is 2.50 bits per heavy atom. The van der Waals surface area contributed by atoms with Gasteiger partial charge in [-0.15, -0.1) is 0 Å². The van der Waals surface area contributed by atoms with Crippen molar-refractivity contribution in [2.75, 3.05) is 13.1 Å². The van der Waals surface area contributed by atoms with Crippen LogP contribution in [-0.4, -0.2) is 22.2 Å². The van der Waals surface area contributed by atoms with E-state index in [1.807, 2.05) is 38.4 Å². The minimum absolute atomic E-state index is 0.0234. The normalized spacial score (nSPS) is 18.9. The molecule has 1 aliphatic heterocycles. The highest BCUT2D eigenvalue weighted by Crippen LogP contribution is 2.23. The van der Waals surface area contributed by atoms with Gasteiger partial charge in [0.15, 0.2) is 0 Å². The van der Waals surface area contributed by atoms with Gasteiger partial charge in [-0.25, -0.2) is 4.79 Å². The molecule has 20 heavy (non-hydrogen) atoms. The third kappa shape index (κ3) is 2.31. The maximum Gasteiger partial charge on any atom is 0.332 e. The van der Waals surface area contributed by atoms with E-state index in [1.54, 1.807) is 9.13 Å². The molecule has 0 amide bonds. The standard InChI is InChI=1S/C16H21N3O/c1-12(2)18-9-10-19(16(18)20)15-5-3-13(4-6-15)14-7-8-17-11-14/h3-6,9-10,12,14,17H,7-8,11H2,1-2H3. The van der Waals surface area contributed by atoms with Crippen LogP contribution in [0.1, 0.15) is 37.8 Å². The zero-order valence-electron chi connectivity index (χ0n) is 12.0. The van der Waals surface area contributed by atoms with Crippen LogP contribution in [0.5, 0.6) is 0 Å². The molecule has 1 saturated heterocycles. The van der Waals surface area contributed by atoms with Crippen molar-refractivity contribution in [3.05, 3.63) is 52.7 Å². The van der Waals surface area contributed by atoms with Gasteiger partial charge in [0.2, 0.25) is 0 Å². The van der Waals surface area contributed by atoms with Crippen LogP contribution < -0.4 is 11.0 Å². The predicted octanol–water partition coefficient (Wildman–Crippen LogP) is 2.30. The summed E-state index contributed by atoms with van der Waals surface area (Å²) in [5, 5.41) is 3.38. The minimum Gasteiger partial charge on any atom is -0.316 e. The van der Waals surface area contributed by atoms with Crippen molar-refractivity contribution < 1.29 is 0 Å². The van der Waals surface area contributed by atoms with Crippen molar-refractivity contribution in [3.63, 3.8) is 0 Å². The average molecular weight is 271 g/mol. The van der Waals surface area contributed by atoms with Gasteiger partial charge in [0.05, 0.1) is 5.69 Å². The summed E-state index contributed by atoms with van der Waals surface area (Å²) in [7, 11) is 0. The van der Waals surface area contributed by atoms with E-state index in [4.69, 9.17) is 0 Å². The number of nitrogens with zero attached hydrogens (tertiary/aromatic N) is 2. The third-order valence-electron chi connectivity index (χ3n) is 4.06. The van der Waals surface area contributed by atoms with E-state index >= 15 is 0 Å². The van der Waals surface area contributed by atoms with Crippen LogP contribution in [0, 0.1) is 0 Å². The van der Waals surface area contributed by atoms with Crippen LogP contribution in [0.25, 0.3) is 5.69 Å². The number of rotatable bonds is 3. The zero-order valence-corrected chi connectivity index (χ0v) is 12.0. The van der Waals surface area contributed by atoms with E-state index in [1.165, 1.54) is 12.0 Å². The SMILES string of the molecule is CC(C)n1ccn(-c2ccc(C3CCNC3)cc2)c1=O. The van der Waals surface area contributed by atoms with E-state index in [9.17, 15) is 4.79 Å². The maximum atomic E-state index is 12.3. The third-order valence-corrected chi connectivity index (χ3v) is 4.06.